The fourth-order valence-electron chi connectivity index (χ4n) is 3.80. The van der Waals surface area contributed by atoms with E-state index in [1.807, 2.05) is 4.90 Å². The van der Waals surface area contributed by atoms with Gasteiger partial charge in [0.25, 0.3) is 5.69 Å². The van der Waals surface area contributed by atoms with Crippen molar-refractivity contribution < 1.29 is 18.6 Å². The van der Waals surface area contributed by atoms with Gasteiger partial charge in [-0.3, -0.25) is 19.8 Å². The van der Waals surface area contributed by atoms with E-state index in [4.69, 9.17) is 16.1 Å². The molecule has 2 unspecified atom stereocenters. The number of likely N-dealkylation sites (tertiary alicyclic amines) is 1. The maximum absolute atomic E-state index is 13.2. The largest absolute Gasteiger partial charge is 0.339 e. The smallest absolute Gasteiger partial charge is 0.271 e. The van der Waals surface area contributed by atoms with E-state index in [0.717, 1.165) is 12.8 Å². The number of halogens is 2. The number of nitro benzene ring substituents is 1. The van der Waals surface area contributed by atoms with E-state index in [0.29, 0.717) is 30.4 Å². The van der Waals surface area contributed by atoms with Crippen LogP contribution >= 0.6 is 11.6 Å². The fourth-order valence-corrected chi connectivity index (χ4v) is 3.97. The van der Waals surface area contributed by atoms with Gasteiger partial charge in [0.2, 0.25) is 17.6 Å². The molecule has 2 heterocycles. The Morgan fingerprint density at radius 3 is 2.82 bits per heavy atom. The Hall–Kier alpha value is -3.37. The van der Waals surface area contributed by atoms with E-state index in [2.05, 4.69) is 15.5 Å². The van der Waals surface area contributed by atoms with Crippen LogP contribution in [0, 0.1) is 15.9 Å². The van der Waals surface area contributed by atoms with Crippen molar-refractivity contribution in [3.8, 4) is 11.4 Å². The molecule has 1 saturated heterocycles. The molecule has 0 bridgehead atoms. The number of rotatable bonds is 6. The summed E-state index contributed by atoms with van der Waals surface area (Å²) in [5.74, 6) is 0.123. The molecule has 1 amide bonds. The molecule has 11 heteroatoms. The molecule has 1 aliphatic rings. The number of nitrogens with zero attached hydrogens (tertiary/aromatic N) is 4. The van der Waals surface area contributed by atoms with Crippen molar-refractivity contribution in [3.63, 3.8) is 0 Å². The zero-order valence-electron chi connectivity index (χ0n) is 17.7. The Morgan fingerprint density at radius 2 is 2.09 bits per heavy atom. The quantitative estimate of drug-likeness (QED) is 0.409. The van der Waals surface area contributed by atoms with Crippen LogP contribution in [0.4, 0.5) is 15.8 Å². The number of anilines is 1. The van der Waals surface area contributed by atoms with Crippen LogP contribution in [0.15, 0.2) is 47.0 Å². The zero-order valence-corrected chi connectivity index (χ0v) is 18.5. The lowest BCUT2D eigenvalue weighted by Crippen LogP contribution is -2.46. The molecule has 3 aromatic rings. The minimum absolute atomic E-state index is 0.0582. The van der Waals surface area contributed by atoms with Crippen LogP contribution in [0.2, 0.25) is 5.02 Å². The van der Waals surface area contributed by atoms with Crippen molar-refractivity contribution in [1.29, 1.82) is 0 Å². The van der Waals surface area contributed by atoms with Crippen LogP contribution in [0.5, 0.6) is 0 Å². The van der Waals surface area contributed by atoms with Gasteiger partial charge in [0.15, 0.2) is 0 Å². The van der Waals surface area contributed by atoms with Gasteiger partial charge >= 0.3 is 0 Å². The second-order valence-corrected chi connectivity index (χ2v) is 8.29. The van der Waals surface area contributed by atoms with E-state index in [1.165, 1.54) is 30.3 Å². The molecule has 0 aliphatic carbocycles. The number of nitro groups is 1. The average molecular weight is 474 g/mol. The summed E-state index contributed by atoms with van der Waals surface area (Å²) in [4.78, 5) is 29.8. The fraction of sp³-hybridized carbons (Fsp3) is 0.318. The normalized spacial score (nSPS) is 17.5. The Kier molecular flexibility index (Phi) is 6.66. The predicted octanol–water partition coefficient (Wildman–Crippen LogP) is 4.64. The minimum atomic E-state index is -0.546. The summed E-state index contributed by atoms with van der Waals surface area (Å²) in [7, 11) is 0. The SMILES string of the molecule is CC(C(=O)Nc1cc([N+](=O)[O-])ccc1Cl)N1CCCC(c2nc(-c3ccc(F)cc3)no2)C1. The molecule has 2 atom stereocenters. The Morgan fingerprint density at radius 1 is 1.33 bits per heavy atom. The summed E-state index contributed by atoms with van der Waals surface area (Å²) in [5, 5.41) is 17.9. The van der Waals surface area contributed by atoms with Gasteiger partial charge in [0, 0.05) is 24.2 Å². The molecule has 0 spiro atoms. The van der Waals surface area contributed by atoms with E-state index in [-0.39, 0.29) is 34.0 Å². The summed E-state index contributed by atoms with van der Waals surface area (Å²) >= 11 is 6.10. The maximum atomic E-state index is 13.2. The van der Waals surface area contributed by atoms with Gasteiger partial charge in [0.05, 0.1) is 27.6 Å². The Bertz CT molecular complexity index is 1170. The number of benzene rings is 2. The monoisotopic (exact) mass is 473 g/mol. The summed E-state index contributed by atoms with van der Waals surface area (Å²) in [5.41, 5.74) is 0.687. The molecule has 0 radical (unpaired) electrons. The molecule has 172 valence electrons. The Balaban J connectivity index is 1.43. The summed E-state index contributed by atoms with van der Waals surface area (Å²) in [6.45, 7) is 3.00. The number of piperidine rings is 1. The number of carbonyl (C=O) groups excluding carboxylic acids is 1. The minimum Gasteiger partial charge on any atom is -0.339 e. The molecule has 1 aromatic heterocycles. The highest BCUT2D eigenvalue weighted by Crippen LogP contribution is 2.30. The van der Waals surface area contributed by atoms with Crippen molar-refractivity contribution >= 4 is 28.9 Å². The number of nitrogens with one attached hydrogen (secondary N) is 1. The highest BCUT2D eigenvalue weighted by atomic mass is 35.5. The van der Waals surface area contributed by atoms with Gasteiger partial charge in [-0.1, -0.05) is 16.8 Å². The van der Waals surface area contributed by atoms with Gasteiger partial charge in [-0.05, 0) is 56.6 Å². The molecule has 9 nitrogen and oxygen atoms in total. The molecule has 2 aromatic carbocycles. The summed E-state index contributed by atoms with van der Waals surface area (Å²) in [6, 6.07) is 9.23. The van der Waals surface area contributed by atoms with Crippen LogP contribution in [-0.2, 0) is 4.79 Å². The van der Waals surface area contributed by atoms with Crippen LogP contribution < -0.4 is 5.32 Å². The van der Waals surface area contributed by atoms with Crippen molar-refractivity contribution in [3.05, 3.63) is 69.3 Å². The highest BCUT2D eigenvalue weighted by Gasteiger charge is 2.31. The molecule has 1 fully saturated rings. The average Bonchev–Trinajstić information content (AvgIpc) is 3.30. The predicted molar refractivity (Wildman–Crippen MR) is 119 cm³/mol. The first-order valence-corrected chi connectivity index (χ1v) is 10.8. The third-order valence-corrected chi connectivity index (χ3v) is 6.02. The number of aromatic nitrogens is 2. The van der Waals surface area contributed by atoms with Crippen LogP contribution in [0.25, 0.3) is 11.4 Å². The van der Waals surface area contributed by atoms with Crippen molar-refractivity contribution in [1.82, 2.24) is 15.0 Å². The molecule has 1 aliphatic heterocycles. The van der Waals surface area contributed by atoms with E-state index in [9.17, 15) is 19.3 Å². The first-order valence-electron chi connectivity index (χ1n) is 10.4. The molecule has 0 saturated carbocycles. The van der Waals surface area contributed by atoms with Gasteiger partial charge in [-0.15, -0.1) is 0 Å². The first kappa shape index (κ1) is 22.8. The molecule has 4 rings (SSSR count). The molecule has 1 N–H and O–H groups in total. The van der Waals surface area contributed by atoms with Crippen LogP contribution in [-0.4, -0.2) is 45.0 Å². The first-order chi connectivity index (χ1) is 15.8. The third-order valence-electron chi connectivity index (χ3n) is 5.69. The highest BCUT2D eigenvalue weighted by molar-refractivity contribution is 6.33. The lowest BCUT2D eigenvalue weighted by Gasteiger charge is -2.34. The summed E-state index contributed by atoms with van der Waals surface area (Å²) < 4.78 is 18.6. The number of non-ortho nitro benzene ring substituents is 1. The topological polar surface area (TPSA) is 114 Å². The van der Waals surface area contributed by atoms with Gasteiger partial charge in [-0.2, -0.15) is 4.98 Å². The number of carbonyl (C=O) groups is 1. The van der Waals surface area contributed by atoms with E-state index >= 15 is 0 Å². The van der Waals surface area contributed by atoms with Crippen LogP contribution in [0.1, 0.15) is 31.6 Å². The molecular weight excluding hydrogens is 453 g/mol. The maximum Gasteiger partial charge on any atom is 0.271 e. The lowest BCUT2D eigenvalue weighted by atomic mass is 9.96. The van der Waals surface area contributed by atoms with E-state index < -0.39 is 11.0 Å². The van der Waals surface area contributed by atoms with Crippen molar-refractivity contribution in [2.75, 3.05) is 18.4 Å². The number of amides is 1. The zero-order chi connectivity index (χ0) is 23.5. The Labute approximate surface area is 193 Å². The van der Waals surface area contributed by atoms with Gasteiger partial charge in [0.1, 0.15) is 5.82 Å². The van der Waals surface area contributed by atoms with Gasteiger partial charge < -0.3 is 9.84 Å². The lowest BCUT2D eigenvalue weighted by molar-refractivity contribution is -0.384. The third kappa shape index (κ3) is 5.18. The van der Waals surface area contributed by atoms with E-state index in [1.54, 1.807) is 19.1 Å². The van der Waals surface area contributed by atoms with Crippen molar-refractivity contribution in [2.45, 2.75) is 31.7 Å². The van der Waals surface area contributed by atoms with Crippen LogP contribution in [0.3, 0.4) is 0 Å². The second-order valence-electron chi connectivity index (χ2n) is 7.88. The summed E-state index contributed by atoms with van der Waals surface area (Å²) in [6.07, 6.45) is 1.65. The van der Waals surface area contributed by atoms with Gasteiger partial charge in [-0.25, -0.2) is 4.39 Å². The molecule has 33 heavy (non-hydrogen) atoms. The second kappa shape index (κ2) is 9.63. The number of hydrogen-bond donors (Lipinski definition) is 1. The van der Waals surface area contributed by atoms with Crippen molar-refractivity contribution in [2.24, 2.45) is 0 Å². The standard InChI is InChI=1S/C22H21ClFN5O4/c1-13(21(30)25-19-11-17(29(31)32)8-9-18(19)23)28-10-2-3-15(12-28)22-26-20(27-33-22)14-4-6-16(24)7-5-14/h4-9,11,13,15H,2-3,10,12H2,1H3,(H,25,30). The number of hydrogen-bond acceptors (Lipinski definition) is 7. The molecular formula is C22H21ClFN5O4.